The SMILES string of the molecule is CCOC(=O)C(N)C(=O)Nc1cc(F)cc([N+](=O)[O-])c1. The lowest BCUT2D eigenvalue weighted by molar-refractivity contribution is -0.385. The van der Waals surface area contributed by atoms with Gasteiger partial charge in [-0.3, -0.25) is 14.9 Å². The molecule has 1 aromatic carbocycles. The molecule has 0 bridgehead atoms. The average molecular weight is 285 g/mol. The van der Waals surface area contributed by atoms with Crippen molar-refractivity contribution in [3.05, 3.63) is 34.1 Å². The Morgan fingerprint density at radius 2 is 2.15 bits per heavy atom. The second-order valence-corrected chi connectivity index (χ2v) is 3.67. The summed E-state index contributed by atoms with van der Waals surface area (Å²) in [5, 5.41) is 12.7. The number of hydrogen-bond donors (Lipinski definition) is 2. The fraction of sp³-hybridized carbons (Fsp3) is 0.273. The summed E-state index contributed by atoms with van der Waals surface area (Å²) in [4.78, 5) is 32.5. The number of nitrogens with one attached hydrogen (secondary N) is 1. The van der Waals surface area contributed by atoms with Crippen LogP contribution in [0.25, 0.3) is 0 Å². The lowest BCUT2D eigenvalue weighted by Gasteiger charge is -2.11. The monoisotopic (exact) mass is 285 g/mol. The fourth-order valence-electron chi connectivity index (χ4n) is 1.31. The number of nitro benzene ring substituents is 1. The summed E-state index contributed by atoms with van der Waals surface area (Å²) in [5.74, 6) is -2.81. The Bertz CT molecular complexity index is 549. The van der Waals surface area contributed by atoms with Gasteiger partial charge in [0.2, 0.25) is 0 Å². The van der Waals surface area contributed by atoms with E-state index in [9.17, 15) is 24.1 Å². The number of nitrogens with two attached hydrogens (primary N) is 1. The largest absolute Gasteiger partial charge is 0.464 e. The Morgan fingerprint density at radius 1 is 1.50 bits per heavy atom. The predicted molar refractivity (Wildman–Crippen MR) is 66.3 cm³/mol. The quantitative estimate of drug-likeness (QED) is 0.352. The summed E-state index contributed by atoms with van der Waals surface area (Å²) in [6.07, 6.45) is 0. The van der Waals surface area contributed by atoms with E-state index in [1.54, 1.807) is 6.92 Å². The van der Waals surface area contributed by atoms with Crippen molar-refractivity contribution in [2.45, 2.75) is 13.0 Å². The minimum absolute atomic E-state index is 0.0469. The van der Waals surface area contributed by atoms with Crippen molar-refractivity contribution in [2.24, 2.45) is 5.73 Å². The molecule has 20 heavy (non-hydrogen) atoms. The van der Waals surface area contributed by atoms with Gasteiger partial charge in [0.15, 0.2) is 6.04 Å². The molecule has 0 saturated heterocycles. The molecule has 0 spiro atoms. The van der Waals surface area contributed by atoms with E-state index in [-0.39, 0.29) is 12.3 Å². The van der Waals surface area contributed by atoms with Gasteiger partial charge in [0, 0.05) is 6.07 Å². The minimum Gasteiger partial charge on any atom is -0.464 e. The van der Waals surface area contributed by atoms with Crippen molar-refractivity contribution in [1.29, 1.82) is 0 Å². The molecule has 8 nitrogen and oxygen atoms in total. The normalized spacial score (nSPS) is 11.6. The van der Waals surface area contributed by atoms with Gasteiger partial charge in [0.05, 0.1) is 23.3 Å². The molecule has 1 aromatic rings. The highest BCUT2D eigenvalue weighted by Crippen LogP contribution is 2.20. The summed E-state index contributed by atoms with van der Waals surface area (Å²) in [6, 6.07) is 0.903. The standard InChI is InChI=1S/C11H12FN3O5/c1-2-20-11(17)9(13)10(16)14-7-3-6(12)4-8(5-7)15(18)19/h3-5,9H,2,13H2,1H3,(H,14,16). The molecule has 1 rings (SSSR count). The smallest absolute Gasteiger partial charge is 0.332 e. The molecule has 1 amide bonds. The van der Waals surface area contributed by atoms with E-state index in [0.29, 0.717) is 6.07 Å². The maximum absolute atomic E-state index is 13.1. The van der Waals surface area contributed by atoms with Gasteiger partial charge in [0.25, 0.3) is 11.6 Å². The number of carbonyl (C=O) groups excluding carboxylic acids is 2. The van der Waals surface area contributed by atoms with Gasteiger partial charge in [-0.2, -0.15) is 0 Å². The van der Waals surface area contributed by atoms with E-state index in [1.165, 1.54) is 0 Å². The number of nitro groups is 1. The van der Waals surface area contributed by atoms with Crippen molar-refractivity contribution in [2.75, 3.05) is 11.9 Å². The zero-order valence-electron chi connectivity index (χ0n) is 10.5. The number of carbonyl (C=O) groups is 2. The zero-order chi connectivity index (χ0) is 15.3. The molecule has 9 heteroatoms. The Balaban J connectivity index is 2.85. The van der Waals surface area contributed by atoms with Crippen molar-refractivity contribution < 1.29 is 23.6 Å². The van der Waals surface area contributed by atoms with Crippen LogP contribution in [-0.2, 0) is 14.3 Å². The molecule has 0 aliphatic rings. The number of non-ortho nitro benzene ring substituents is 1. The van der Waals surface area contributed by atoms with Gasteiger partial charge in [-0.25, -0.2) is 9.18 Å². The minimum atomic E-state index is -1.60. The van der Waals surface area contributed by atoms with Crippen molar-refractivity contribution >= 4 is 23.3 Å². The van der Waals surface area contributed by atoms with Crippen LogP contribution in [0, 0.1) is 15.9 Å². The first-order valence-corrected chi connectivity index (χ1v) is 5.53. The second-order valence-electron chi connectivity index (χ2n) is 3.67. The first-order valence-electron chi connectivity index (χ1n) is 5.53. The Kier molecular flexibility index (Phi) is 5.09. The summed E-state index contributed by atoms with van der Waals surface area (Å²) in [6.45, 7) is 1.59. The van der Waals surface area contributed by atoms with Crippen LogP contribution in [0.3, 0.4) is 0 Å². The van der Waals surface area contributed by atoms with Gasteiger partial charge in [-0.05, 0) is 13.0 Å². The second kappa shape index (κ2) is 6.57. The van der Waals surface area contributed by atoms with Crippen LogP contribution in [0.4, 0.5) is 15.8 Å². The topological polar surface area (TPSA) is 125 Å². The summed E-state index contributed by atoms with van der Waals surface area (Å²) >= 11 is 0. The van der Waals surface area contributed by atoms with Crippen LogP contribution in [-0.4, -0.2) is 29.4 Å². The highest BCUT2D eigenvalue weighted by molar-refractivity contribution is 6.08. The Labute approximate surface area is 112 Å². The van der Waals surface area contributed by atoms with Crippen LogP contribution in [0.1, 0.15) is 6.92 Å². The molecule has 0 aliphatic carbocycles. The van der Waals surface area contributed by atoms with E-state index >= 15 is 0 Å². The molecule has 0 aliphatic heterocycles. The van der Waals surface area contributed by atoms with E-state index in [0.717, 1.165) is 12.1 Å². The third kappa shape index (κ3) is 3.99. The van der Waals surface area contributed by atoms with Crippen LogP contribution in [0.5, 0.6) is 0 Å². The number of nitrogens with zero attached hydrogens (tertiary/aromatic N) is 1. The van der Waals surface area contributed by atoms with Crippen molar-refractivity contribution in [3.63, 3.8) is 0 Å². The van der Waals surface area contributed by atoms with E-state index in [1.807, 2.05) is 0 Å². The summed E-state index contributed by atoms with van der Waals surface area (Å²) < 4.78 is 17.7. The van der Waals surface area contributed by atoms with Crippen LogP contribution in [0.15, 0.2) is 18.2 Å². The first-order chi connectivity index (χ1) is 9.35. The Hall–Kier alpha value is -2.55. The van der Waals surface area contributed by atoms with Gasteiger partial charge in [-0.15, -0.1) is 0 Å². The summed E-state index contributed by atoms with van der Waals surface area (Å²) in [5.41, 5.74) is 4.60. The number of anilines is 1. The predicted octanol–water partition coefficient (Wildman–Crippen LogP) is 0.563. The first kappa shape index (κ1) is 15.5. The molecular formula is C11H12FN3O5. The Morgan fingerprint density at radius 3 is 2.70 bits per heavy atom. The fourth-order valence-corrected chi connectivity index (χ4v) is 1.31. The van der Waals surface area contributed by atoms with E-state index in [4.69, 9.17) is 5.73 Å². The van der Waals surface area contributed by atoms with E-state index < -0.39 is 34.3 Å². The lowest BCUT2D eigenvalue weighted by atomic mass is 10.2. The van der Waals surface area contributed by atoms with Gasteiger partial charge < -0.3 is 15.8 Å². The maximum Gasteiger partial charge on any atom is 0.332 e. The number of esters is 1. The number of hydrogen-bond acceptors (Lipinski definition) is 6. The number of amides is 1. The van der Waals surface area contributed by atoms with E-state index in [2.05, 4.69) is 10.1 Å². The van der Waals surface area contributed by atoms with Crippen LogP contribution >= 0.6 is 0 Å². The molecule has 0 radical (unpaired) electrons. The van der Waals surface area contributed by atoms with Crippen LogP contribution < -0.4 is 11.1 Å². The molecule has 0 fully saturated rings. The number of ether oxygens (including phenoxy) is 1. The highest BCUT2D eigenvalue weighted by Gasteiger charge is 2.24. The molecule has 108 valence electrons. The van der Waals surface area contributed by atoms with Crippen LogP contribution in [0.2, 0.25) is 0 Å². The van der Waals surface area contributed by atoms with Gasteiger partial charge >= 0.3 is 5.97 Å². The van der Waals surface area contributed by atoms with Crippen molar-refractivity contribution in [3.8, 4) is 0 Å². The maximum atomic E-state index is 13.1. The summed E-state index contributed by atoms with van der Waals surface area (Å²) in [7, 11) is 0. The molecule has 3 N–H and O–H groups in total. The van der Waals surface area contributed by atoms with Gasteiger partial charge in [-0.1, -0.05) is 0 Å². The average Bonchev–Trinajstić information content (AvgIpc) is 2.37. The zero-order valence-corrected chi connectivity index (χ0v) is 10.5. The van der Waals surface area contributed by atoms with Crippen molar-refractivity contribution in [1.82, 2.24) is 0 Å². The third-order valence-corrected chi connectivity index (χ3v) is 2.18. The number of halogens is 1. The molecular weight excluding hydrogens is 273 g/mol. The molecule has 0 heterocycles. The number of rotatable bonds is 5. The molecule has 0 aromatic heterocycles. The molecule has 1 atom stereocenters. The molecule has 0 saturated carbocycles. The van der Waals surface area contributed by atoms with Gasteiger partial charge in [0.1, 0.15) is 5.82 Å². The molecule has 1 unspecified atom stereocenters. The third-order valence-electron chi connectivity index (χ3n) is 2.18. The number of benzene rings is 1. The highest BCUT2D eigenvalue weighted by atomic mass is 19.1. The lowest BCUT2D eigenvalue weighted by Crippen LogP contribution is -2.43.